The van der Waals surface area contributed by atoms with Crippen molar-refractivity contribution in [3.8, 4) is 22.8 Å². The molecule has 10 heteroatoms. The van der Waals surface area contributed by atoms with Gasteiger partial charge in [-0.05, 0) is 24.3 Å². The molecule has 170 valence electrons. The van der Waals surface area contributed by atoms with Crippen molar-refractivity contribution in [3.63, 3.8) is 0 Å². The average molecular weight is 475 g/mol. The molecule has 0 atom stereocenters. The lowest BCUT2D eigenvalue weighted by Gasteiger charge is -2.18. The molecule has 3 rings (SSSR count). The number of nitrogens with zero attached hydrogens (tertiary/aromatic N) is 3. The molecule has 0 aliphatic rings. The lowest BCUT2D eigenvalue weighted by Crippen LogP contribution is -2.30. The number of methoxy groups -OCH3 is 2. The zero-order chi connectivity index (χ0) is 23.1. The number of sulfonamides is 1. The van der Waals surface area contributed by atoms with Crippen LogP contribution < -0.4 is 14.9 Å². The number of rotatable bonds is 10. The number of nitrogens with one attached hydrogen (secondary N) is 1. The predicted octanol–water partition coefficient (Wildman–Crippen LogP) is 4.30. The van der Waals surface area contributed by atoms with Crippen molar-refractivity contribution in [1.82, 2.24) is 9.29 Å². The number of hydrogen-bond acceptors (Lipinski definition) is 8. The van der Waals surface area contributed by atoms with Crippen LogP contribution in [-0.2, 0) is 10.0 Å². The molecule has 0 bridgehead atoms. The quantitative estimate of drug-likeness (QED) is 0.348. The molecule has 0 unspecified atom stereocenters. The third-order valence-corrected chi connectivity index (χ3v) is 7.57. The Hall–Kier alpha value is -2.95. The van der Waals surface area contributed by atoms with Crippen LogP contribution in [0.5, 0.6) is 11.5 Å². The SMILES string of the molecule is CCN(CC)S(=O)(=O)c1cccc(-c2csc(N/N=C/c3ccc(OC)cc3OC)n2)c1. The van der Waals surface area contributed by atoms with Crippen molar-refractivity contribution in [2.75, 3.05) is 32.7 Å². The minimum atomic E-state index is -3.53. The summed E-state index contributed by atoms with van der Waals surface area (Å²) in [6, 6.07) is 12.3. The third-order valence-electron chi connectivity index (χ3n) is 4.78. The van der Waals surface area contributed by atoms with E-state index in [0.717, 1.165) is 11.1 Å². The molecule has 1 N–H and O–H groups in total. The largest absolute Gasteiger partial charge is 0.497 e. The van der Waals surface area contributed by atoms with Crippen LogP contribution in [0.1, 0.15) is 19.4 Å². The Kier molecular flexibility index (Phi) is 7.84. The Balaban J connectivity index is 1.76. The second kappa shape index (κ2) is 10.6. The van der Waals surface area contributed by atoms with Gasteiger partial charge in [-0.1, -0.05) is 26.0 Å². The number of anilines is 1. The molecule has 0 radical (unpaired) electrons. The molecule has 3 aromatic rings. The maximum absolute atomic E-state index is 12.8. The second-order valence-electron chi connectivity index (χ2n) is 6.63. The Morgan fingerprint density at radius 1 is 1.12 bits per heavy atom. The highest BCUT2D eigenvalue weighted by Crippen LogP contribution is 2.28. The van der Waals surface area contributed by atoms with Crippen molar-refractivity contribution in [1.29, 1.82) is 0 Å². The zero-order valence-corrected chi connectivity index (χ0v) is 20.0. The van der Waals surface area contributed by atoms with E-state index in [0.29, 0.717) is 35.4 Å². The summed E-state index contributed by atoms with van der Waals surface area (Å²) in [5.41, 5.74) is 5.09. The molecule has 0 fully saturated rings. The summed E-state index contributed by atoms with van der Waals surface area (Å²) in [5, 5.41) is 6.67. The van der Waals surface area contributed by atoms with Gasteiger partial charge in [-0.2, -0.15) is 9.41 Å². The molecule has 0 saturated carbocycles. The van der Waals surface area contributed by atoms with Crippen LogP contribution in [0.3, 0.4) is 0 Å². The van der Waals surface area contributed by atoms with E-state index in [9.17, 15) is 8.42 Å². The van der Waals surface area contributed by atoms with Gasteiger partial charge in [0, 0.05) is 35.7 Å². The fraction of sp³-hybridized carbons (Fsp3) is 0.273. The smallest absolute Gasteiger partial charge is 0.243 e. The molecule has 0 aliphatic carbocycles. The highest BCUT2D eigenvalue weighted by Gasteiger charge is 2.22. The highest BCUT2D eigenvalue weighted by atomic mass is 32.2. The van der Waals surface area contributed by atoms with Gasteiger partial charge in [0.25, 0.3) is 0 Å². The standard InChI is InChI=1S/C22H26N4O4S2/c1-5-26(6-2)32(27,28)19-9-7-8-16(12-19)20-15-31-22(24-20)25-23-14-17-10-11-18(29-3)13-21(17)30-4/h7-15H,5-6H2,1-4H3,(H,24,25)/b23-14+. The van der Waals surface area contributed by atoms with Gasteiger partial charge in [0.05, 0.1) is 31.0 Å². The zero-order valence-electron chi connectivity index (χ0n) is 18.4. The predicted molar refractivity (Wildman–Crippen MR) is 128 cm³/mol. The summed E-state index contributed by atoms with van der Waals surface area (Å²) in [5.74, 6) is 1.34. The molecular weight excluding hydrogens is 448 g/mol. The highest BCUT2D eigenvalue weighted by molar-refractivity contribution is 7.89. The Morgan fingerprint density at radius 2 is 1.91 bits per heavy atom. The van der Waals surface area contributed by atoms with Crippen LogP contribution >= 0.6 is 11.3 Å². The van der Waals surface area contributed by atoms with Gasteiger partial charge in [-0.3, -0.25) is 5.43 Å². The summed E-state index contributed by atoms with van der Waals surface area (Å²) in [7, 11) is -0.352. The number of aromatic nitrogens is 1. The Morgan fingerprint density at radius 3 is 2.59 bits per heavy atom. The summed E-state index contributed by atoms with van der Waals surface area (Å²) in [6.45, 7) is 4.49. The summed E-state index contributed by atoms with van der Waals surface area (Å²) < 4.78 is 37.6. The molecule has 0 saturated heterocycles. The van der Waals surface area contributed by atoms with Crippen LogP contribution in [-0.4, -0.2) is 51.2 Å². The minimum absolute atomic E-state index is 0.255. The number of benzene rings is 2. The Labute approximate surface area is 192 Å². The lowest BCUT2D eigenvalue weighted by molar-refractivity contribution is 0.394. The number of hydrazone groups is 1. The van der Waals surface area contributed by atoms with Crippen molar-refractivity contribution in [2.45, 2.75) is 18.7 Å². The first kappa shape index (κ1) is 23.7. The van der Waals surface area contributed by atoms with E-state index in [4.69, 9.17) is 9.47 Å². The van der Waals surface area contributed by atoms with E-state index >= 15 is 0 Å². The lowest BCUT2D eigenvalue weighted by atomic mass is 10.2. The molecule has 2 aromatic carbocycles. The normalized spacial score (nSPS) is 11.8. The fourth-order valence-corrected chi connectivity index (χ4v) is 5.24. The van der Waals surface area contributed by atoms with Gasteiger partial charge in [0.1, 0.15) is 11.5 Å². The van der Waals surface area contributed by atoms with E-state index in [1.54, 1.807) is 44.7 Å². The maximum Gasteiger partial charge on any atom is 0.243 e. The number of thiazole rings is 1. The van der Waals surface area contributed by atoms with Gasteiger partial charge in [0.15, 0.2) is 0 Å². The molecule has 32 heavy (non-hydrogen) atoms. The molecule has 0 spiro atoms. The van der Waals surface area contributed by atoms with Crippen LogP contribution in [0.15, 0.2) is 57.8 Å². The van der Waals surface area contributed by atoms with Crippen LogP contribution in [0, 0.1) is 0 Å². The molecule has 1 aromatic heterocycles. The summed E-state index contributed by atoms with van der Waals surface area (Å²) in [4.78, 5) is 4.78. The van der Waals surface area contributed by atoms with Gasteiger partial charge < -0.3 is 9.47 Å². The van der Waals surface area contributed by atoms with Gasteiger partial charge in [-0.15, -0.1) is 11.3 Å². The first-order valence-corrected chi connectivity index (χ1v) is 12.3. The average Bonchev–Trinajstić information content (AvgIpc) is 3.29. The maximum atomic E-state index is 12.8. The monoisotopic (exact) mass is 474 g/mol. The van der Waals surface area contributed by atoms with E-state index in [1.165, 1.54) is 15.6 Å². The van der Waals surface area contributed by atoms with Crippen LogP contribution in [0.4, 0.5) is 5.13 Å². The second-order valence-corrected chi connectivity index (χ2v) is 9.43. The van der Waals surface area contributed by atoms with Crippen molar-refractivity contribution < 1.29 is 17.9 Å². The van der Waals surface area contributed by atoms with Crippen molar-refractivity contribution in [2.24, 2.45) is 5.10 Å². The van der Waals surface area contributed by atoms with E-state index in [-0.39, 0.29) is 4.90 Å². The van der Waals surface area contributed by atoms with Crippen LogP contribution in [0.25, 0.3) is 11.3 Å². The first-order valence-electron chi connectivity index (χ1n) is 10.00. The van der Waals surface area contributed by atoms with Gasteiger partial charge in [0.2, 0.25) is 15.2 Å². The van der Waals surface area contributed by atoms with Gasteiger partial charge in [-0.25, -0.2) is 13.4 Å². The van der Waals surface area contributed by atoms with Gasteiger partial charge >= 0.3 is 0 Å². The van der Waals surface area contributed by atoms with Crippen LogP contribution in [0.2, 0.25) is 0 Å². The minimum Gasteiger partial charge on any atom is -0.497 e. The van der Waals surface area contributed by atoms with E-state index in [2.05, 4.69) is 15.5 Å². The Bertz CT molecular complexity index is 1190. The molecule has 8 nitrogen and oxygen atoms in total. The third kappa shape index (κ3) is 5.26. The molecule has 0 aliphatic heterocycles. The summed E-state index contributed by atoms with van der Waals surface area (Å²) >= 11 is 1.38. The van der Waals surface area contributed by atoms with Crippen molar-refractivity contribution >= 4 is 32.7 Å². The van der Waals surface area contributed by atoms with Crippen molar-refractivity contribution in [3.05, 3.63) is 53.4 Å². The summed E-state index contributed by atoms with van der Waals surface area (Å²) in [6.07, 6.45) is 1.64. The van der Waals surface area contributed by atoms with E-state index in [1.807, 2.05) is 37.4 Å². The number of ether oxygens (including phenoxy) is 2. The fourth-order valence-electron chi connectivity index (χ4n) is 3.07. The number of hydrogen-bond donors (Lipinski definition) is 1. The molecule has 1 heterocycles. The first-order chi connectivity index (χ1) is 15.4. The topological polar surface area (TPSA) is 93.1 Å². The molecular formula is C22H26N4O4S2. The molecule has 0 amide bonds. The van der Waals surface area contributed by atoms with E-state index < -0.39 is 10.0 Å².